The van der Waals surface area contributed by atoms with Gasteiger partial charge in [0.2, 0.25) is 0 Å². The summed E-state index contributed by atoms with van der Waals surface area (Å²) in [5.41, 5.74) is 1.30. The van der Waals surface area contributed by atoms with E-state index in [9.17, 15) is 5.11 Å². The summed E-state index contributed by atoms with van der Waals surface area (Å²) in [6.45, 7) is 4.14. The van der Waals surface area contributed by atoms with E-state index in [0.717, 1.165) is 12.3 Å². The smallest absolute Gasteiger partial charge is 0.0732 e. The van der Waals surface area contributed by atoms with Crippen LogP contribution in [0.4, 0.5) is 0 Å². The Morgan fingerprint density at radius 1 is 1.29 bits per heavy atom. The molecule has 0 saturated heterocycles. The lowest BCUT2D eigenvalue weighted by atomic mass is 9.86. The second-order valence-corrected chi connectivity index (χ2v) is 6.72. The lowest BCUT2D eigenvalue weighted by Crippen LogP contribution is -2.10. The molecule has 1 aliphatic carbocycles. The number of halogens is 1. The largest absolute Gasteiger partial charge is 0.389 e. The molecule has 0 heterocycles. The summed E-state index contributed by atoms with van der Waals surface area (Å²) in [7, 11) is 0. The number of hydrogen-bond acceptors (Lipinski definition) is 1. The molecule has 0 aromatic heterocycles. The average Bonchev–Trinajstić information content (AvgIpc) is 2.30. The van der Waals surface area contributed by atoms with E-state index in [1.807, 2.05) is 6.92 Å². The highest BCUT2D eigenvalue weighted by Gasteiger charge is 2.17. The fourth-order valence-electron chi connectivity index (χ4n) is 2.71. The Balaban J connectivity index is 2.55. The van der Waals surface area contributed by atoms with Gasteiger partial charge in [-0.2, -0.15) is 0 Å². The van der Waals surface area contributed by atoms with Crippen molar-refractivity contribution in [1.29, 1.82) is 0 Å². The predicted octanol–water partition coefficient (Wildman–Crippen LogP) is 5.22. The van der Waals surface area contributed by atoms with Crippen molar-refractivity contribution in [3.63, 3.8) is 0 Å². The van der Waals surface area contributed by atoms with E-state index in [1.54, 1.807) is 0 Å². The third-order valence-electron chi connectivity index (χ3n) is 3.85. The quantitative estimate of drug-likeness (QED) is 0.652. The minimum atomic E-state index is -0.253. The van der Waals surface area contributed by atoms with Crippen molar-refractivity contribution in [3.8, 4) is 0 Å². The molecule has 1 fully saturated rings. The van der Waals surface area contributed by atoms with Crippen LogP contribution in [0.5, 0.6) is 0 Å². The van der Waals surface area contributed by atoms with Crippen LogP contribution >= 0.6 is 22.6 Å². The zero-order valence-electron chi connectivity index (χ0n) is 11.3. The molecule has 0 spiro atoms. The van der Waals surface area contributed by atoms with Gasteiger partial charge in [-0.1, -0.05) is 45.4 Å². The van der Waals surface area contributed by atoms with E-state index >= 15 is 0 Å². The molecule has 100 valence electrons. The molecule has 0 aromatic carbocycles. The van der Waals surface area contributed by atoms with Crippen LogP contribution in [0.2, 0.25) is 0 Å². The SMILES string of the molecule is CCCC/C(=C(/I)CC1CCCCC1)C(C)O. The Morgan fingerprint density at radius 2 is 1.94 bits per heavy atom. The first-order valence-electron chi connectivity index (χ1n) is 7.20. The van der Waals surface area contributed by atoms with Crippen molar-refractivity contribution in [1.82, 2.24) is 0 Å². The highest BCUT2D eigenvalue weighted by atomic mass is 127. The number of aliphatic hydroxyl groups is 1. The zero-order valence-corrected chi connectivity index (χ0v) is 13.5. The number of allylic oxidation sites excluding steroid dienone is 1. The molecule has 1 saturated carbocycles. The van der Waals surface area contributed by atoms with E-state index in [-0.39, 0.29) is 6.10 Å². The fraction of sp³-hybridized carbons (Fsp3) is 0.867. The summed E-state index contributed by atoms with van der Waals surface area (Å²) in [4.78, 5) is 0. The lowest BCUT2D eigenvalue weighted by Gasteiger charge is -2.23. The molecular formula is C15H27IO. The topological polar surface area (TPSA) is 20.2 Å². The second kappa shape index (κ2) is 8.52. The van der Waals surface area contributed by atoms with E-state index in [2.05, 4.69) is 29.5 Å². The molecule has 1 N–H and O–H groups in total. The minimum Gasteiger partial charge on any atom is -0.389 e. The molecule has 0 amide bonds. The number of hydrogen-bond donors (Lipinski definition) is 1. The molecule has 17 heavy (non-hydrogen) atoms. The van der Waals surface area contributed by atoms with Crippen LogP contribution in [-0.2, 0) is 0 Å². The number of aliphatic hydroxyl groups excluding tert-OH is 1. The fourth-order valence-corrected chi connectivity index (χ4v) is 4.06. The summed E-state index contributed by atoms with van der Waals surface area (Å²) in [5, 5.41) is 9.88. The molecule has 1 aliphatic rings. The summed E-state index contributed by atoms with van der Waals surface area (Å²) in [5.74, 6) is 0.881. The molecule has 0 bridgehead atoms. The van der Waals surface area contributed by atoms with Gasteiger partial charge in [0.15, 0.2) is 0 Å². The Morgan fingerprint density at radius 3 is 2.47 bits per heavy atom. The minimum absolute atomic E-state index is 0.253. The average molecular weight is 350 g/mol. The summed E-state index contributed by atoms with van der Waals surface area (Å²) < 4.78 is 1.44. The van der Waals surface area contributed by atoms with Crippen molar-refractivity contribution in [2.45, 2.75) is 77.7 Å². The Labute approximate surface area is 120 Å². The number of unbranched alkanes of at least 4 members (excludes halogenated alkanes) is 1. The standard InChI is InChI=1S/C15H27IO/c1-3-4-10-14(12(2)17)15(16)11-13-8-6-5-7-9-13/h12-13,17H,3-11H2,1-2H3/b15-14-. The first-order valence-corrected chi connectivity index (χ1v) is 8.28. The van der Waals surface area contributed by atoms with Crippen molar-refractivity contribution < 1.29 is 5.11 Å². The molecule has 1 unspecified atom stereocenters. The maximum atomic E-state index is 9.88. The van der Waals surface area contributed by atoms with Gasteiger partial charge in [-0.05, 0) is 63.8 Å². The van der Waals surface area contributed by atoms with Crippen molar-refractivity contribution in [3.05, 3.63) is 9.15 Å². The highest BCUT2D eigenvalue weighted by molar-refractivity contribution is 14.1. The molecule has 0 radical (unpaired) electrons. The monoisotopic (exact) mass is 350 g/mol. The zero-order chi connectivity index (χ0) is 12.7. The van der Waals surface area contributed by atoms with Gasteiger partial charge >= 0.3 is 0 Å². The molecule has 1 atom stereocenters. The van der Waals surface area contributed by atoms with Gasteiger partial charge in [0, 0.05) is 0 Å². The van der Waals surface area contributed by atoms with E-state index in [0.29, 0.717) is 0 Å². The Bertz CT molecular complexity index is 239. The van der Waals surface area contributed by atoms with Gasteiger partial charge < -0.3 is 5.11 Å². The highest BCUT2D eigenvalue weighted by Crippen LogP contribution is 2.34. The second-order valence-electron chi connectivity index (χ2n) is 5.42. The van der Waals surface area contributed by atoms with Crippen LogP contribution in [-0.4, -0.2) is 11.2 Å². The Kier molecular flexibility index (Phi) is 7.76. The van der Waals surface area contributed by atoms with Crippen molar-refractivity contribution in [2.75, 3.05) is 0 Å². The lowest BCUT2D eigenvalue weighted by molar-refractivity contribution is 0.225. The van der Waals surface area contributed by atoms with Gasteiger partial charge in [-0.3, -0.25) is 0 Å². The maximum Gasteiger partial charge on any atom is 0.0732 e. The molecule has 0 aromatic rings. The van der Waals surface area contributed by atoms with Gasteiger partial charge in [0.05, 0.1) is 6.10 Å². The van der Waals surface area contributed by atoms with E-state index in [1.165, 1.54) is 60.5 Å². The Hall–Kier alpha value is 0.430. The summed E-state index contributed by atoms with van der Waals surface area (Å²) in [6, 6.07) is 0. The van der Waals surface area contributed by atoms with Crippen LogP contribution in [0.15, 0.2) is 9.15 Å². The van der Waals surface area contributed by atoms with E-state index in [4.69, 9.17) is 0 Å². The van der Waals surface area contributed by atoms with Crippen LogP contribution in [0, 0.1) is 5.92 Å². The van der Waals surface area contributed by atoms with Crippen LogP contribution < -0.4 is 0 Å². The van der Waals surface area contributed by atoms with Crippen molar-refractivity contribution in [2.24, 2.45) is 5.92 Å². The van der Waals surface area contributed by atoms with Gasteiger partial charge in [0.25, 0.3) is 0 Å². The summed E-state index contributed by atoms with van der Waals surface area (Å²) >= 11 is 2.48. The van der Waals surface area contributed by atoms with Crippen LogP contribution in [0.25, 0.3) is 0 Å². The van der Waals surface area contributed by atoms with E-state index < -0.39 is 0 Å². The van der Waals surface area contributed by atoms with Crippen LogP contribution in [0.3, 0.4) is 0 Å². The van der Waals surface area contributed by atoms with Crippen LogP contribution in [0.1, 0.15) is 71.6 Å². The predicted molar refractivity (Wildman–Crippen MR) is 83.4 cm³/mol. The third kappa shape index (κ3) is 5.73. The van der Waals surface area contributed by atoms with Gasteiger partial charge in [-0.25, -0.2) is 0 Å². The number of rotatable bonds is 6. The molecule has 0 aliphatic heterocycles. The first kappa shape index (κ1) is 15.5. The molecular weight excluding hydrogens is 323 g/mol. The maximum absolute atomic E-state index is 9.88. The molecule has 1 rings (SSSR count). The van der Waals surface area contributed by atoms with Gasteiger partial charge in [-0.15, -0.1) is 0 Å². The van der Waals surface area contributed by atoms with Gasteiger partial charge in [0.1, 0.15) is 0 Å². The molecule has 2 heteroatoms. The first-order chi connectivity index (χ1) is 8.15. The van der Waals surface area contributed by atoms with Crippen molar-refractivity contribution >= 4 is 22.6 Å². The summed E-state index contributed by atoms with van der Waals surface area (Å²) in [6.07, 6.45) is 11.5. The molecule has 1 nitrogen and oxygen atoms in total. The third-order valence-corrected chi connectivity index (χ3v) is 4.98. The normalized spacial score (nSPS) is 21.2.